The third-order valence-electron chi connectivity index (χ3n) is 3.72. The summed E-state index contributed by atoms with van der Waals surface area (Å²) < 4.78 is 0. The van der Waals surface area contributed by atoms with E-state index >= 15 is 0 Å². The fourth-order valence-electron chi connectivity index (χ4n) is 2.90. The minimum Gasteiger partial charge on any atom is -0.508 e. The fourth-order valence-corrected chi connectivity index (χ4v) is 2.90. The number of hydrogen-bond donors (Lipinski definition) is 3. The minimum absolute atomic E-state index is 0.0200. The van der Waals surface area contributed by atoms with Gasteiger partial charge in [0.25, 0.3) is 0 Å². The van der Waals surface area contributed by atoms with Crippen LogP contribution >= 0.6 is 0 Å². The molecule has 0 aliphatic heterocycles. The molecular formula is C15H14O4. The third kappa shape index (κ3) is 1.76. The number of carbonyl (C=O) groups is 1. The lowest BCUT2D eigenvalue weighted by Gasteiger charge is -2.22. The Morgan fingerprint density at radius 2 is 1.84 bits per heavy atom. The molecule has 3 rings (SSSR count). The summed E-state index contributed by atoms with van der Waals surface area (Å²) in [7, 11) is 0. The van der Waals surface area contributed by atoms with Crippen LogP contribution in [0.3, 0.4) is 0 Å². The molecule has 1 aliphatic rings. The zero-order valence-corrected chi connectivity index (χ0v) is 10.5. The lowest BCUT2D eigenvalue weighted by atomic mass is 9.83. The summed E-state index contributed by atoms with van der Waals surface area (Å²) in [6.45, 7) is 1.80. The predicted molar refractivity (Wildman–Crippen MR) is 70.7 cm³/mol. The molecule has 19 heavy (non-hydrogen) atoms. The van der Waals surface area contributed by atoms with Gasteiger partial charge in [0.1, 0.15) is 11.5 Å². The van der Waals surface area contributed by atoms with Gasteiger partial charge in [-0.25, -0.2) is 0 Å². The molecule has 0 saturated carbocycles. The first-order chi connectivity index (χ1) is 8.97. The Balaban J connectivity index is 2.40. The number of aliphatic hydroxyl groups excluding tert-OH is 1. The molecule has 0 fully saturated rings. The Bertz CT molecular complexity index is 703. The van der Waals surface area contributed by atoms with E-state index in [2.05, 4.69) is 0 Å². The molecule has 1 aliphatic carbocycles. The van der Waals surface area contributed by atoms with Crippen LogP contribution in [-0.2, 0) is 6.42 Å². The number of aryl methyl sites for hydroxylation is 1. The molecule has 0 unspecified atom stereocenters. The number of benzene rings is 2. The van der Waals surface area contributed by atoms with Gasteiger partial charge >= 0.3 is 0 Å². The van der Waals surface area contributed by atoms with Crippen molar-refractivity contribution in [3.8, 4) is 11.5 Å². The number of phenolic OH excluding ortho intramolecular Hbond substituents is 2. The van der Waals surface area contributed by atoms with Crippen molar-refractivity contribution in [1.29, 1.82) is 0 Å². The number of carbonyl (C=O) groups excluding carboxylic acids is 1. The summed E-state index contributed by atoms with van der Waals surface area (Å²) in [5.74, 6) is -0.138. The second-order valence-corrected chi connectivity index (χ2v) is 5.08. The number of aromatic hydroxyl groups is 2. The van der Waals surface area contributed by atoms with Gasteiger partial charge in [0, 0.05) is 23.4 Å². The molecule has 0 aromatic heterocycles. The molecule has 0 amide bonds. The van der Waals surface area contributed by atoms with Crippen LogP contribution in [0, 0.1) is 6.92 Å². The predicted octanol–water partition coefficient (Wildman–Crippen LogP) is 2.05. The Kier molecular flexibility index (Phi) is 2.50. The number of hydrogen-bond acceptors (Lipinski definition) is 4. The van der Waals surface area contributed by atoms with Crippen LogP contribution < -0.4 is 0 Å². The third-order valence-corrected chi connectivity index (χ3v) is 3.72. The zero-order valence-electron chi connectivity index (χ0n) is 10.5. The summed E-state index contributed by atoms with van der Waals surface area (Å²) >= 11 is 0. The van der Waals surface area contributed by atoms with Crippen molar-refractivity contribution in [1.82, 2.24) is 0 Å². The number of phenols is 2. The summed E-state index contributed by atoms with van der Waals surface area (Å²) in [6.07, 6.45) is -0.112. The van der Waals surface area contributed by atoms with Gasteiger partial charge in [-0.3, -0.25) is 4.79 Å². The zero-order chi connectivity index (χ0) is 13.7. The lowest BCUT2D eigenvalue weighted by Crippen LogP contribution is -2.25. The summed E-state index contributed by atoms with van der Waals surface area (Å²) in [5, 5.41) is 30.4. The molecule has 3 N–H and O–H groups in total. The molecule has 98 valence electrons. The first-order valence-electron chi connectivity index (χ1n) is 6.17. The van der Waals surface area contributed by atoms with Crippen molar-refractivity contribution in [3.05, 3.63) is 34.9 Å². The van der Waals surface area contributed by atoms with E-state index in [1.807, 2.05) is 0 Å². The molecule has 4 heteroatoms. The molecule has 4 nitrogen and oxygen atoms in total. The molecule has 0 radical (unpaired) electrons. The van der Waals surface area contributed by atoms with E-state index in [1.54, 1.807) is 19.1 Å². The Labute approximate surface area is 109 Å². The maximum absolute atomic E-state index is 12.0. The highest BCUT2D eigenvalue weighted by atomic mass is 16.3. The first kappa shape index (κ1) is 12.0. The minimum atomic E-state index is -0.656. The van der Waals surface area contributed by atoms with E-state index < -0.39 is 6.10 Å². The highest BCUT2D eigenvalue weighted by Gasteiger charge is 2.26. The van der Waals surface area contributed by atoms with Crippen LogP contribution in [0.2, 0.25) is 0 Å². The number of aliphatic hydroxyl groups is 1. The van der Waals surface area contributed by atoms with Crippen LogP contribution in [0.15, 0.2) is 18.2 Å². The van der Waals surface area contributed by atoms with Crippen molar-refractivity contribution < 1.29 is 20.1 Å². The standard InChI is InChI=1S/C15H14O4/c1-7-11-4-10(17)5-13(18)12(11)3-8-2-9(16)6-14(19)15(7)8/h3-5,9,16-18H,2,6H2,1H3/t9-/m0/s1. The maximum atomic E-state index is 12.0. The summed E-state index contributed by atoms with van der Waals surface area (Å²) in [6, 6.07) is 4.55. The van der Waals surface area contributed by atoms with Gasteiger partial charge in [-0.15, -0.1) is 0 Å². The maximum Gasteiger partial charge on any atom is 0.166 e. The van der Waals surface area contributed by atoms with Crippen LogP contribution in [-0.4, -0.2) is 27.2 Å². The van der Waals surface area contributed by atoms with E-state index in [4.69, 9.17) is 0 Å². The Hall–Kier alpha value is -2.07. The van der Waals surface area contributed by atoms with Gasteiger partial charge in [0.2, 0.25) is 0 Å². The molecule has 1 atom stereocenters. The molecule has 0 bridgehead atoms. The molecular weight excluding hydrogens is 244 g/mol. The number of rotatable bonds is 0. The van der Waals surface area contributed by atoms with Gasteiger partial charge in [-0.2, -0.15) is 0 Å². The Morgan fingerprint density at radius 1 is 1.11 bits per heavy atom. The van der Waals surface area contributed by atoms with E-state index in [0.29, 0.717) is 22.8 Å². The highest BCUT2D eigenvalue weighted by molar-refractivity contribution is 6.06. The van der Waals surface area contributed by atoms with Crippen LogP contribution in [0.4, 0.5) is 0 Å². The highest BCUT2D eigenvalue weighted by Crippen LogP contribution is 2.37. The molecule has 0 heterocycles. The number of fused-ring (bicyclic) bond motifs is 2. The van der Waals surface area contributed by atoms with E-state index in [0.717, 1.165) is 11.1 Å². The van der Waals surface area contributed by atoms with Gasteiger partial charge in [0.15, 0.2) is 5.78 Å². The van der Waals surface area contributed by atoms with E-state index in [1.165, 1.54) is 6.07 Å². The molecule has 2 aromatic rings. The van der Waals surface area contributed by atoms with E-state index in [-0.39, 0.29) is 23.7 Å². The lowest BCUT2D eigenvalue weighted by molar-refractivity contribution is 0.0853. The fraction of sp³-hybridized carbons (Fsp3) is 0.267. The van der Waals surface area contributed by atoms with Crippen LogP contribution in [0.1, 0.15) is 27.9 Å². The van der Waals surface area contributed by atoms with Gasteiger partial charge < -0.3 is 15.3 Å². The summed E-state index contributed by atoms with van der Waals surface area (Å²) in [4.78, 5) is 12.0. The monoisotopic (exact) mass is 258 g/mol. The van der Waals surface area contributed by atoms with Crippen LogP contribution in [0.5, 0.6) is 11.5 Å². The van der Waals surface area contributed by atoms with Crippen molar-refractivity contribution in [2.75, 3.05) is 0 Å². The molecule has 0 spiro atoms. The summed E-state index contributed by atoms with van der Waals surface area (Å²) in [5.41, 5.74) is 2.12. The number of ketones is 1. The largest absolute Gasteiger partial charge is 0.508 e. The van der Waals surface area contributed by atoms with Gasteiger partial charge in [-0.05, 0) is 42.0 Å². The SMILES string of the molecule is Cc1c2c(cc3c(O)cc(O)cc13)C[C@H](O)CC2=O. The van der Waals surface area contributed by atoms with E-state index in [9.17, 15) is 20.1 Å². The second-order valence-electron chi connectivity index (χ2n) is 5.08. The van der Waals surface area contributed by atoms with Gasteiger partial charge in [0.05, 0.1) is 6.10 Å². The number of Topliss-reactive ketones (excluding diaryl/α,β-unsaturated/α-hetero) is 1. The van der Waals surface area contributed by atoms with Crippen molar-refractivity contribution in [2.24, 2.45) is 0 Å². The average Bonchev–Trinajstić information content (AvgIpc) is 2.30. The molecule has 2 aromatic carbocycles. The molecule has 0 saturated heterocycles. The average molecular weight is 258 g/mol. The topological polar surface area (TPSA) is 77.8 Å². The Morgan fingerprint density at radius 3 is 2.58 bits per heavy atom. The van der Waals surface area contributed by atoms with Crippen molar-refractivity contribution >= 4 is 16.6 Å². The van der Waals surface area contributed by atoms with Crippen LogP contribution in [0.25, 0.3) is 10.8 Å². The van der Waals surface area contributed by atoms with Crippen molar-refractivity contribution in [3.63, 3.8) is 0 Å². The quantitative estimate of drug-likeness (QED) is 0.675. The first-order valence-corrected chi connectivity index (χ1v) is 6.17. The second kappa shape index (κ2) is 3.96. The van der Waals surface area contributed by atoms with Gasteiger partial charge in [-0.1, -0.05) is 0 Å². The normalized spacial score (nSPS) is 18.6. The van der Waals surface area contributed by atoms with Crippen molar-refractivity contribution in [2.45, 2.75) is 25.9 Å². The smallest absolute Gasteiger partial charge is 0.166 e.